The Hall–Kier alpha value is -1.65. The van der Waals surface area contributed by atoms with Crippen molar-refractivity contribution in [2.75, 3.05) is 6.54 Å². The largest absolute Gasteiger partial charge is 0.348 e. The number of nitrogens with one attached hydrogen (secondary N) is 1. The summed E-state index contributed by atoms with van der Waals surface area (Å²) in [6.45, 7) is 0.745. The van der Waals surface area contributed by atoms with E-state index in [0.717, 1.165) is 43.1 Å². The van der Waals surface area contributed by atoms with Crippen molar-refractivity contribution in [2.24, 2.45) is 11.7 Å². The molecule has 1 aliphatic rings. The van der Waals surface area contributed by atoms with Crippen LogP contribution < -0.4 is 11.1 Å². The summed E-state index contributed by atoms with van der Waals surface area (Å²) in [4.78, 5) is 16.8. The maximum atomic E-state index is 12.4. The molecule has 1 aromatic carbocycles. The predicted octanol–water partition coefficient (Wildman–Crippen LogP) is 3.14. The van der Waals surface area contributed by atoms with Gasteiger partial charge in [-0.05, 0) is 62.4 Å². The minimum atomic E-state index is -0.104. The van der Waals surface area contributed by atoms with Gasteiger partial charge in [0.15, 0.2) is 0 Å². The second kappa shape index (κ2) is 6.63. The maximum absolute atomic E-state index is 12.4. The zero-order valence-corrected chi connectivity index (χ0v) is 13.1. The lowest BCUT2D eigenvalue weighted by Gasteiger charge is -2.28. The van der Waals surface area contributed by atoms with Gasteiger partial charge in [0.05, 0.1) is 5.52 Å². The predicted molar refractivity (Wildman–Crippen MR) is 89.0 cm³/mol. The number of halogens is 1. The number of hydrogen-bond donors (Lipinski definition) is 2. The highest BCUT2D eigenvalue weighted by molar-refractivity contribution is 6.31. The molecule has 1 saturated carbocycles. The Morgan fingerprint density at radius 3 is 2.73 bits per heavy atom. The van der Waals surface area contributed by atoms with Crippen molar-refractivity contribution in [3.8, 4) is 0 Å². The van der Waals surface area contributed by atoms with Gasteiger partial charge in [0.25, 0.3) is 5.91 Å². The van der Waals surface area contributed by atoms with Crippen LogP contribution in [0.3, 0.4) is 0 Å². The summed E-state index contributed by atoms with van der Waals surface area (Å²) >= 11 is 5.96. The van der Waals surface area contributed by atoms with Crippen LogP contribution in [-0.4, -0.2) is 23.5 Å². The van der Waals surface area contributed by atoms with Crippen molar-refractivity contribution in [3.63, 3.8) is 0 Å². The van der Waals surface area contributed by atoms with Gasteiger partial charge in [0, 0.05) is 16.5 Å². The molecule has 3 N–H and O–H groups in total. The number of aromatic nitrogens is 1. The molecule has 0 bridgehead atoms. The minimum Gasteiger partial charge on any atom is -0.348 e. The number of carbonyl (C=O) groups excluding carboxylic acids is 1. The Bertz CT molecular complexity index is 681. The number of amides is 1. The molecule has 5 heteroatoms. The second-order valence-electron chi connectivity index (χ2n) is 5.96. The SMILES string of the molecule is NCC1CCC(NC(=O)c2ccc3cc(Cl)ccc3n2)CC1. The van der Waals surface area contributed by atoms with Crippen molar-refractivity contribution in [1.82, 2.24) is 10.3 Å². The van der Waals surface area contributed by atoms with Crippen LogP contribution in [0.4, 0.5) is 0 Å². The summed E-state index contributed by atoms with van der Waals surface area (Å²) in [5.41, 5.74) is 6.93. The fraction of sp³-hybridized carbons (Fsp3) is 0.412. The molecule has 0 atom stereocenters. The number of hydrogen-bond acceptors (Lipinski definition) is 3. The Morgan fingerprint density at radius 2 is 2.00 bits per heavy atom. The Morgan fingerprint density at radius 1 is 1.23 bits per heavy atom. The van der Waals surface area contributed by atoms with E-state index in [9.17, 15) is 4.79 Å². The summed E-state index contributed by atoms with van der Waals surface area (Å²) in [5, 5.41) is 4.69. The van der Waals surface area contributed by atoms with Crippen LogP contribution in [0.1, 0.15) is 36.2 Å². The van der Waals surface area contributed by atoms with E-state index in [2.05, 4.69) is 10.3 Å². The van der Waals surface area contributed by atoms with Gasteiger partial charge in [-0.1, -0.05) is 17.7 Å². The van der Waals surface area contributed by atoms with E-state index < -0.39 is 0 Å². The fourth-order valence-electron chi connectivity index (χ4n) is 3.02. The lowest BCUT2D eigenvalue weighted by Crippen LogP contribution is -2.38. The number of pyridine rings is 1. The summed E-state index contributed by atoms with van der Waals surface area (Å²) in [6, 6.07) is 9.33. The van der Waals surface area contributed by atoms with E-state index in [1.807, 2.05) is 18.2 Å². The van der Waals surface area contributed by atoms with Gasteiger partial charge in [-0.15, -0.1) is 0 Å². The summed E-state index contributed by atoms with van der Waals surface area (Å²) in [5.74, 6) is 0.504. The molecule has 116 valence electrons. The van der Waals surface area contributed by atoms with Gasteiger partial charge in [-0.25, -0.2) is 4.98 Å². The molecule has 0 radical (unpaired) electrons. The Kier molecular flexibility index (Phi) is 4.60. The minimum absolute atomic E-state index is 0.104. The zero-order valence-electron chi connectivity index (χ0n) is 12.4. The molecule has 1 amide bonds. The molecular weight excluding hydrogens is 298 g/mol. The molecular formula is C17H20ClN3O. The first kappa shape index (κ1) is 15.3. The topological polar surface area (TPSA) is 68.0 Å². The van der Waals surface area contributed by atoms with Gasteiger partial charge in [0.1, 0.15) is 5.69 Å². The summed E-state index contributed by atoms with van der Waals surface area (Å²) in [7, 11) is 0. The molecule has 0 saturated heterocycles. The Labute approximate surface area is 135 Å². The monoisotopic (exact) mass is 317 g/mol. The first-order valence-corrected chi connectivity index (χ1v) is 8.11. The first-order chi connectivity index (χ1) is 10.7. The second-order valence-corrected chi connectivity index (χ2v) is 6.40. The van der Waals surface area contributed by atoms with Gasteiger partial charge in [-0.3, -0.25) is 4.79 Å². The van der Waals surface area contributed by atoms with E-state index in [1.165, 1.54) is 0 Å². The number of fused-ring (bicyclic) bond motifs is 1. The van der Waals surface area contributed by atoms with E-state index in [-0.39, 0.29) is 11.9 Å². The molecule has 3 rings (SSSR count). The zero-order chi connectivity index (χ0) is 15.5. The van der Waals surface area contributed by atoms with Crippen molar-refractivity contribution < 1.29 is 4.79 Å². The molecule has 1 fully saturated rings. The van der Waals surface area contributed by atoms with Crippen molar-refractivity contribution >= 4 is 28.4 Å². The molecule has 2 aromatic rings. The third-order valence-electron chi connectivity index (χ3n) is 4.40. The lowest BCUT2D eigenvalue weighted by atomic mass is 9.86. The molecule has 4 nitrogen and oxygen atoms in total. The third-order valence-corrected chi connectivity index (χ3v) is 4.63. The van der Waals surface area contributed by atoms with Gasteiger partial charge in [0.2, 0.25) is 0 Å². The average Bonchev–Trinajstić information content (AvgIpc) is 2.55. The van der Waals surface area contributed by atoms with Crippen LogP contribution in [-0.2, 0) is 0 Å². The lowest BCUT2D eigenvalue weighted by molar-refractivity contribution is 0.0918. The molecule has 1 heterocycles. The number of nitrogens with two attached hydrogens (primary N) is 1. The number of rotatable bonds is 3. The van der Waals surface area contributed by atoms with Crippen molar-refractivity contribution in [1.29, 1.82) is 0 Å². The molecule has 0 aliphatic heterocycles. The average molecular weight is 318 g/mol. The third kappa shape index (κ3) is 3.39. The molecule has 22 heavy (non-hydrogen) atoms. The van der Waals surface area contributed by atoms with Gasteiger partial charge < -0.3 is 11.1 Å². The number of carbonyl (C=O) groups is 1. The van der Waals surface area contributed by atoms with Gasteiger partial charge >= 0.3 is 0 Å². The van der Waals surface area contributed by atoms with E-state index in [1.54, 1.807) is 12.1 Å². The smallest absolute Gasteiger partial charge is 0.270 e. The van der Waals surface area contributed by atoms with Crippen molar-refractivity contribution in [3.05, 3.63) is 41.0 Å². The van der Waals surface area contributed by atoms with Crippen LogP contribution in [0, 0.1) is 5.92 Å². The van der Waals surface area contributed by atoms with Gasteiger partial charge in [-0.2, -0.15) is 0 Å². The highest BCUT2D eigenvalue weighted by atomic mass is 35.5. The molecule has 0 spiro atoms. The summed E-state index contributed by atoms with van der Waals surface area (Å²) in [6.07, 6.45) is 4.17. The molecule has 0 unspecified atom stereocenters. The number of benzene rings is 1. The fourth-order valence-corrected chi connectivity index (χ4v) is 3.21. The van der Waals surface area contributed by atoms with E-state index in [0.29, 0.717) is 16.6 Å². The molecule has 1 aromatic heterocycles. The highest BCUT2D eigenvalue weighted by Gasteiger charge is 2.22. The Balaban J connectivity index is 1.68. The van der Waals surface area contributed by atoms with Crippen LogP contribution in [0.5, 0.6) is 0 Å². The normalized spacial score (nSPS) is 21.7. The van der Waals surface area contributed by atoms with Crippen LogP contribution in [0.15, 0.2) is 30.3 Å². The van der Waals surface area contributed by atoms with E-state index >= 15 is 0 Å². The first-order valence-electron chi connectivity index (χ1n) is 7.73. The van der Waals surface area contributed by atoms with Crippen LogP contribution >= 0.6 is 11.6 Å². The maximum Gasteiger partial charge on any atom is 0.270 e. The van der Waals surface area contributed by atoms with Crippen LogP contribution in [0.2, 0.25) is 5.02 Å². The van der Waals surface area contributed by atoms with E-state index in [4.69, 9.17) is 17.3 Å². The number of nitrogens with zero attached hydrogens (tertiary/aromatic N) is 1. The summed E-state index contributed by atoms with van der Waals surface area (Å²) < 4.78 is 0. The standard InChI is InChI=1S/C17H20ClN3O/c18-13-4-8-15-12(9-13)3-7-16(21-15)17(22)20-14-5-1-11(10-19)2-6-14/h3-4,7-9,11,14H,1-2,5-6,10,19H2,(H,20,22). The quantitative estimate of drug-likeness (QED) is 0.913. The molecule has 1 aliphatic carbocycles. The highest BCUT2D eigenvalue weighted by Crippen LogP contribution is 2.23. The van der Waals surface area contributed by atoms with Crippen molar-refractivity contribution in [2.45, 2.75) is 31.7 Å². The van der Waals surface area contributed by atoms with Crippen LogP contribution in [0.25, 0.3) is 10.9 Å².